The van der Waals surface area contributed by atoms with Crippen LogP contribution in [0.4, 0.5) is 5.69 Å². The molecule has 2 aliphatic carbocycles. The number of nitrogens with two attached hydrogens (primary N) is 1. The van der Waals surface area contributed by atoms with Crippen LogP contribution in [0.5, 0.6) is 0 Å². The second-order valence-electron chi connectivity index (χ2n) is 5.62. The average Bonchev–Trinajstić information content (AvgIpc) is 3.25. The van der Waals surface area contributed by atoms with E-state index in [9.17, 15) is 8.42 Å². The van der Waals surface area contributed by atoms with Gasteiger partial charge in [0.05, 0.1) is 11.4 Å². The fourth-order valence-electron chi connectivity index (χ4n) is 2.35. The van der Waals surface area contributed by atoms with Crippen LogP contribution in [0.15, 0.2) is 24.3 Å². The van der Waals surface area contributed by atoms with Gasteiger partial charge in [0.15, 0.2) is 0 Å². The molecule has 0 spiro atoms. The Bertz CT molecular complexity index is 545. The first-order chi connectivity index (χ1) is 9.10. The molecule has 1 aromatic rings. The lowest BCUT2D eigenvalue weighted by Crippen LogP contribution is -2.35. The van der Waals surface area contributed by atoms with Gasteiger partial charge in [-0.3, -0.25) is 4.31 Å². The number of sulfonamides is 1. The average molecular weight is 280 g/mol. The Morgan fingerprint density at radius 2 is 1.74 bits per heavy atom. The molecule has 0 amide bonds. The number of rotatable bonds is 6. The van der Waals surface area contributed by atoms with Crippen LogP contribution in [0.2, 0.25) is 0 Å². The highest BCUT2D eigenvalue weighted by molar-refractivity contribution is 7.92. The van der Waals surface area contributed by atoms with Gasteiger partial charge < -0.3 is 5.73 Å². The van der Waals surface area contributed by atoms with Gasteiger partial charge in [0.1, 0.15) is 0 Å². The van der Waals surface area contributed by atoms with Gasteiger partial charge in [0.2, 0.25) is 10.0 Å². The van der Waals surface area contributed by atoms with Crippen LogP contribution >= 0.6 is 0 Å². The van der Waals surface area contributed by atoms with Crippen molar-refractivity contribution in [3.63, 3.8) is 0 Å². The molecule has 2 saturated carbocycles. The number of nitrogens with zero attached hydrogens (tertiary/aromatic N) is 1. The second kappa shape index (κ2) is 4.80. The van der Waals surface area contributed by atoms with E-state index in [2.05, 4.69) is 0 Å². The number of benzene rings is 1. The molecule has 19 heavy (non-hydrogen) atoms. The maximum atomic E-state index is 12.5. The summed E-state index contributed by atoms with van der Waals surface area (Å²) in [7, 11) is -3.17. The van der Waals surface area contributed by atoms with Gasteiger partial charge in [-0.15, -0.1) is 0 Å². The van der Waals surface area contributed by atoms with Crippen molar-refractivity contribution in [2.24, 2.45) is 11.7 Å². The highest BCUT2D eigenvalue weighted by Gasteiger charge is 2.40. The maximum Gasteiger partial charge on any atom is 0.235 e. The van der Waals surface area contributed by atoms with Gasteiger partial charge >= 0.3 is 0 Å². The zero-order chi connectivity index (χ0) is 13.5. The lowest BCUT2D eigenvalue weighted by atomic mass is 10.2. The van der Waals surface area contributed by atoms with Gasteiger partial charge in [-0.05, 0) is 49.3 Å². The molecule has 5 heteroatoms. The van der Waals surface area contributed by atoms with Gasteiger partial charge in [-0.2, -0.15) is 0 Å². The summed E-state index contributed by atoms with van der Waals surface area (Å²) in [5.74, 6) is 0.692. The number of hydrogen-bond acceptors (Lipinski definition) is 3. The van der Waals surface area contributed by atoms with Crippen molar-refractivity contribution in [3.8, 4) is 0 Å². The molecule has 0 saturated heterocycles. The summed E-state index contributed by atoms with van der Waals surface area (Å²) < 4.78 is 26.7. The molecule has 0 aromatic heterocycles. The van der Waals surface area contributed by atoms with Crippen LogP contribution in [0.3, 0.4) is 0 Å². The van der Waals surface area contributed by atoms with Crippen molar-refractivity contribution >= 4 is 15.7 Å². The summed E-state index contributed by atoms with van der Waals surface area (Å²) in [5, 5.41) is 0. The molecule has 0 radical (unpaired) electrons. The van der Waals surface area contributed by atoms with Crippen molar-refractivity contribution in [2.45, 2.75) is 38.3 Å². The van der Waals surface area contributed by atoms with Crippen molar-refractivity contribution in [1.82, 2.24) is 0 Å². The Morgan fingerprint density at radius 3 is 2.21 bits per heavy atom. The molecule has 104 valence electrons. The largest absolute Gasteiger partial charge is 0.326 e. The standard InChI is InChI=1S/C14H20N2O2S/c15-9-11-3-5-13(6-4-11)16(14-7-8-14)19(17,18)10-12-1-2-12/h3-6,12,14H,1-2,7-10,15H2. The molecule has 0 bridgehead atoms. The van der Waals surface area contributed by atoms with Crippen molar-refractivity contribution < 1.29 is 8.42 Å². The van der Waals surface area contributed by atoms with Crippen molar-refractivity contribution in [3.05, 3.63) is 29.8 Å². The summed E-state index contributed by atoms with van der Waals surface area (Å²) >= 11 is 0. The quantitative estimate of drug-likeness (QED) is 0.865. The maximum absolute atomic E-state index is 12.5. The van der Waals surface area contributed by atoms with Gasteiger partial charge in [0, 0.05) is 12.6 Å². The van der Waals surface area contributed by atoms with Crippen molar-refractivity contribution in [2.75, 3.05) is 10.1 Å². The number of hydrogen-bond donors (Lipinski definition) is 1. The fraction of sp³-hybridized carbons (Fsp3) is 0.571. The van der Waals surface area contributed by atoms with Gasteiger partial charge in [0.25, 0.3) is 0 Å². The molecule has 2 N–H and O–H groups in total. The van der Waals surface area contributed by atoms with E-state index in [0.717, 1.165) is 36.9 Å². The summed E-state index contributed by atoms with van der Waals surface area (Å²) in [6, 6.07) is 7.76. The van der Waals surface area contributed by atoms with Crippen LogP contribution in [-0.4, -0.2) is 20.2 Å². The highest BCUT2D eigenvalue weighted by atomic mass is 32.2. The molecule has 4 nitrogen and oxygen atoms in total. The Labute approximate surface area is 114 Å². The first-order valence-electron chi connectivity index (χ1n) is 6.91. The highest BCUT2D eigenvalue weighted by Crippen LogP contribution is 2.38. The monoisotopic (exact) mass is 280 g/mol. The van der Waals surface area contributed by atoms with E-state index in [1.807, 2.05) is 24.3 Å². The zero-order valence-electron chi connectivity index (χ0n) is 11.0. The van der Waals surface area contributed by atoms with Crippen LogP contribution < -0.4 is 10.0 Å². The summed E-state index contributed by atoms with van der Waals surface area (Å²) in [5.41, 5.74) is 7.40. The van der Waals surface area contributed by atoms with E-state index >= 15 is 0 Å². The topological polar surface area (TPSA) is 63.4 Å². The molecule has 1 aromatic carbocycles. The minimum Gasteiger partial charge on any atom is -0.326 e. The molecule has 0 atom stereocenters. The van der Waals surface area contributed by atoms with Gasteiger partial charge in [-0.1, -0.05) is 12.1 Å². The molecule has 0 unspecified atom stereocenters. The van der Waals surface area contributed by atoms with E-state index in [1.54, 1.807) is 4.31 Å². The zero-order valence-corrected chi connectivity index (χ0v) is 11.8. The lowest BCUT2D eigenvalue weighted by Gasteiger charge is -2.24. The van der Waals surface area contributed by atoms with E-state index in [1.165, 1.54) is 0 Å². The Hall–Kier alpha value is -1.07. The van der Waals surface area contributed by atoms with E-state index in [4.69, 9.17) is 5.73 Å². The smallest absolute Gasteiger partial charge is 0.235 e. The normalized spacial score (nSPS) is 19.4. The third kappa shape index (κ3) is 2.92. The van der Waals surface area contributed by atoms with Crippen molar-refractivity contribution in [1.29, 1.82) is 0 Å². The summed E-state index contributed by atoms with van der Waals surface area (Å²) in [4.78, 5) is 0. The minimum atomic E-state index is -3.17. The minimum absolute atomic E-state index is 0.174. The van der Waals surface area contributed by atoms with E-state index < -0.39 is 10.0 Å². The van der Waals surface area contributed by atoms with Crippen LogP contribution in [-0.2, 0) is 16.6 Å². The second-order valence-corrected chi connectivity index (χ2v) is 7.51. The Kier molecular flexibility index (Phi) is 3.27. The SMILES string of the molecule is NCc1ccc(N(C2CC2)S(=O)(=O)CC2CC2)cc1. The first-order valence-corrected chi connectivity index (χ1v) is 8.52. The summed E-state index contributed by atoms with van der Waals surface area (Å²) in [6.07, 6.45) is 4.07. The van der Waals surface area contributed by atoms with E-state index in [0.29, 0.717) is 18.2 Å². The fourth-order valence-corrected chi connectivity index (χ4v) is 4.55. The molecule has 2 aliphatic rings. The third-order valence-corrected chi connectivity index (χ3v) is 5.75. The molecule has 3 rings (SSSR count). The molecular weight excluding hydrogens is 260 g/mol. The third-order valence-electron chi connectivity index (χ3n) is 3.75. The van der Waals surface area contributed by atoms with Gasteiger partial charge in [-0.25, -0.2) is 8.42 Å². The Morgan fingerprint density at radius 1 is 1.11 bits per heavy atom. The van der Waals surface area contributed by atoms with Crippen LogP contribution in [0.25, 0.3) is 0 Å². The molecule has 0 aliphatic heterocycles. The van der Waals surface area contributed by atoms with E-state index in [-0.39, 0.29) is 6.04 Å². The van der Waals surface area contributed by atoms with Crippen LogP contribution in [0.1, 0.15) is 31.2 Å². The predicted octanol–water partition coefficient (Wildman–Crippen LogP) is 1.85. The number of anilines is 1. The predicted molar refractivity (Wildman–Crippen MR) is 76.3 cm³/mol. The Balaban J connectivity index is 1.86. The molecular formula is C14H20N2O2S. The summed E-state index contributed by atoms with van der Waals surface area (Å²) in [6.45, 7) is 0.485. The molecule has 0 heterocycles. The lowest BCUT2D eigenvalue weighted by molar-refractivity contribution is 0.586. The molecule has 2 fully saturated rings. The van der Waals surface area contributed by atoms with Crippen LogP contribution in [0, 0.1) is 5.92 Å². The first kappa shape index (κ1) is 12.9.